The summed E-state index contributed by atoms with van der Waals surface area (Å²) >= 11 is 1.95. The molecule has 0 aromatic rings. The second-order valence-corrected chi connectivity index (χ2v) is 6.23. The third kappa shape index (κ3) is 6.41. The Balaban J connectivity index is 2.10. The number of thioether (sulfide) groups is 1. The fraction of sp³-hybridized carbons (Fsp3) is 1.00. The summed E-state index contributed by atoms with van der Waals surface area (Å²) in [6, 6.07) is 0.569. The van der Waals surface area contributed by atoms with Crippen LogP contribution in [0.3, 0.4) is 0 Å². The first kappa shape index (κ1) is 16.3. The molecule has 0 aromatic heterocycles. The molecular formula is C14H29NO2S. The molecule has 1 saturated carbocycles. The van der Waals surface area contributed by atoms with Crippen LogP contribution >= 0.6 is 11.8 Å². The minimum absolute atomic E-state index is 0.369. The minimum atomic E-state index is -0.369. The van der Waals surface area contributed by atoms with E-state index in [1.807, 2.05) is 11.8 Å². The van der Waals surface area contributed by atoms with E-state index in [4.69, 9.17) is 4.74 Å². The molecule has 4 heteroatoms. The number of hydrogen-bond acceptors (Lipinski definition) is 4. The van der Waals surface area contributed by atoms with Gasteiger partial charge in [-0.3, -0.25) is 0 Å². The van der Waals surface area contributed by atoms with Crippen LogP contribution in [0.5, 0.6) is 0 Å². The zero-order valence-corrected chi connectivity index (χ0v) is 12.7. The second kappa shape index (κ2) is 10.1. The lowest BCUT2D eigenvalue weighted by molar-refractivity contribution is 0.0341. The maximum atomic E-state index is 9.84. The van der Waals surface area contributed by atoms with Gasteiger partial charge in [-0.05, 0) is 25.5 Å². The lowest BCUT2D eigenvalue weighted by Gasteiger charge is -2.31. The van der Waals surface area contributed by atoms with Gasteiger partial charge in [0.1, 0.15) is 0 Å². The average molecular weight is 275 g/mol. The van der Waals surface area contributed by atoms with E-state index < -0.39 is 0 Å². The number of ether oxygens (including phenoxy) is 1. The van der Waals surface area contributed by atoms with Crippen molar-refractivity contribution in [1.29, 1.82) is 0 Å². The molecule has 1 aliphatic carbocycles. The Morgan fingerprint density at radius 2 is 2.17 bits per heavy atom. The first-order valence-electron chi connectivity index (χ1n) is 7.30. The molecule has 1 rings (SSSR count). The molecule has 0 amide bonds. The van der Waals surface area contributed by atoms with Crippen molar-refractivity contribution in [3.8, 4) is 0 Å². The van der Waals surface area contributed by atoms with Gasteiger partial charge < -0.3 is 15.2 Å². The van der Waals surface area contributed by atoms with Gasteiger partial charge in [0.05, 0.1) is 12.7 Å². The highest BCUT2D eigenvalue weighted by atomic mass is 32.2. The van der Waals surface area contributed by atoms with Crippen molar-refractivity contribution in [1.82, 2.24) is 5.32 Å². The van der Waals surface area contributed by atoms with Crippen molar-refractivity contribution in [3.05, 3.63) is 0 Å². The largest absolute Gasteiger partial charge is 0.389 e. The summed E-state index contributed by atoms with van der Waals surface area (Å²) < 4.78 is 5.43. The van der Waals surface area contributed by atoms with Crippen LogP contribution in [-0.4, -0.2) is 48.5 Å². The summed E-state index contributed by atoms with van der Waals surface area (Å²) in [5.41, 5.74) is 0. The van der Waals surface area contributed by atoms with Gasteiger partial charge in [0.25, 0.3) is 0 Å². The number of unbranched alkanes of at least 4 members (excludes halogenated alkanes) is 1. The van der Waals surface area contributed by atoms with E-state index in [2.05, 4.69) is 18.5 Å². The van der Waals surface area contributed by atoms with Crippen LogP contribution in [0.25, 0.3) is 0 Å². The maximum Gasteiger partial charge on any atom is 0.0897 e. The molecule has 0 heterocycles. The molecule has 18 heavy (non-hydrogen) atoms. The van der Waals surface area contributed by atoms with Crippen molar-refractivity contribution in [2.75, 3.05) is 26.0 Å². The molecular weight excluding hydrogens is 246 g/mol. The predicted molar refractivity (Wildman–Crippen MR) is 79.3 cm³/mol. The Labute approximate surface area is 116 Å². The first-order chi connectivity index (χ1) is 8.77. The standard InChI is InChI=1S/C14H29NO2S/c1-3-4-9-17-11-12(16)10-15-13-7-5-6-8-14(13)18-2/h12-16H,3-11H2,1-2H3. The third-order valence-corrected chi connectivity index (χ3v) is 4.74. The maximum absolute atomic E-state index is 9.84. The van der Waals surface area contributed by atoms with Crippen molar-refractivity contribution in [2.45, 2.75) is 62.8 Å². The Morgan fingerprint density at radius 3 is 2.89 bits per heavy atom. The summed E-state index contributed by atoms with van der Waals surface area (Å²) in [7, 11) is 0. The molecule has 3 atom stereocenters. The molecule has 0 bridgehead atoms. The van der Waals surface area contributed by atoms with E-state index >= 15 is 0 Å². The van der Waals surface area contributed by atoms with Crippen LogP contribution in [0.1, 0.15) is 45.4 Å². The van der Waals surface area contributed by atoms with Crippen LogP contribution in [0.2, 0.25) is 0 Å². The van der Waals surface area contributed by atoms with E-state index in [0.717, 1.165) is 19.4 Å². The van der Waals surface area contributed by atoms with Gasteiger partial charge >= 0.3 is 0 Å². The number of rotatable bonds is 9. The van der Waals surface area contributed by atoms with Crippen molar-refractivity contribution in [2.24, 2.45) is 0 Å². The smallest absolute Gasteiger partial charge is 0.0897 e. The molecule has 3 nitrogen and oxygen atoms in total. The van der Waals surface area contributed by atoms with Crippen LogP contribution in [0.15, 0.2) is 0 Å². The van der Waals surface area contributed by atoms with Gasteiger partial charge in [-0.15, -0.1) is 0 Å². The van der Waals surface area contributed by atoms with E-state index in [1.54, 1.807) is 0 Å². The van der Waals surface area contributed by atoms with Gasteiger partial charge in [0.15, 0.2) is 0 Å². The molecule has 0 radical (unpaired) electrons. The van der Waals surface area contributed by atoms with E-state index in [0.29, 0.717) is 24.4 Å². The number of hydrogen-bond donors (Lipinski definition) is 2. The van der Waals surface area contributed by atoms with E-state index in [9.17, 15) is 5.11 Å². The van der Waals surface area contributed by atoms with E-state index in [1.165, 1.54) is 25.7 Å². The van der Waals surface area contributed by atoms with Gasteiger partial charge in [-0.25, -0.2) is 0 Å². The van der Waals surface area contributed by atoms with Crippen LogP contribution in [0, 0.1) is 0 Å². The lowest BCUT2D eigenvalue weighted by atomic mass is 9.95. The highest BCUT2D eigenvalue weighted by Gasteiger charge is 2.24. The molecule has 3 unspecified atom stereocenters. The van der Waals surface area contributed by atoms with Gasteiger partial charge in [-0.1, -0.05) is 26.2 Å². The Morgan fingerprint density at radius 1 is 1.39 bits per heavy atom. The fourth-order valence-electron chi connectivity index (χ4n) is 2.42. The third-order valence-electron chi connectivity index (χ3n) is 3.57. The van der Waals surface area contributed by atoms with Crippen LogP contribution < -0.4 is 5.32 Å². The molecule has 108 valence electrons. The molecule has 0 saturated heterocycles. The average Bonchev–Trinajstić information content (AvgIpc) is 2.41. The molecule has 0 aromatic carbocycles. The van der Waals surface area contributed by atoms with Crippen molar-refractivity contribution in [3.63, 3.8) is 0 Å². The Kier molecular flexibility index (Phi) is 9.11. The normalized spacial score (nSPS) is 26.2. The van der Waals surface area contributed by atoms with E-state index in [-0.39, 0.29) is 6.10 Å². The number of aliphatic hydroxyl groups excluding tert-OH is 1. The lowest BCUT2D eigenvalue weighted by Crippen LogP contribution is -2.44. The summed E-state index contributed by atoms with van der Waals surface area (Å²) in [5, 5.41) is 14.1. The summed E-state index contributed by atoms with van der Waals surface area (Å²) in [5.74, 6) is 0. The van der Waals surface area contributed by atoms with Crippen molar-refractivity contribution >= 4 is 11.8 Å². The molecule has 0 spiro atoms. The second-order valence-electron chi connectivity index (χ2n) is 5.16. The zero-order valence-electron chi connectivity index (χ0n) is 11.9. The highest BCUT2D eigenvalue weighted by Crippen LogP contribution is 2.26. The summed E-state index contributed by atoms with van der Waals surface area (Å²) in [4.78, 5) is 0. The first-order valence-corrected chi connectivity index (χ1v) is 8.58. The van der Waals surface area contributed by atoms with Crippen molar-refractivity contribution < 1.29 is 9.84 Å². The zero-order chi connectivity index (χ0) is 13.2. The molecule has 1 fully saturated rings. The fourth-order valence-corrected chi connectivity index (χ4v) is 3.39. The predicted octanol–water partition coefficient (Wildman–Crippen LogP) is 2.43. The summed E-state index contributed by atoms with van der Waals surface area (Å²) in [6.45, 7) is 4.04. The SMILES string of the molecule is CCCCOCC(O)CNC1CCCCC1SC. The molecule has 0 aliphatic heterocycles. The Hall–Kier alpha value is 0.230. The quantitative estimate of drug-likeness (QED) is 0.634. The highest BCUT2D eigenvalue weighted by molar-refractivity contribution is 7.99. The van der Waals surface area contributed by atoms with Crippen LogP contribution in [0.4, 0.5) is 0 Å². The monoisotopic (exact) mass is 275 g/mol. The van der Waals surface area contributed by atoms with Gasteiger partial charge in [0.2, 0.25) is 0 Å². The van der Waals surface area contributed by atoms with Crippen LogP contribution in [-0.2, 0) is 4.74 Å². The number of aliphatic hydroxyl groups is 1. The number of nitrogens with one attached hydrogen (secondary N) is 1. The van der Waals surface area contributed by atoms with Gasteiger partial charge in [-0.2, -0.15) is 11.8 Å². The Bertz CT molecular complexity index is 204. The molecule has 2 N–H and O–H groups in total. The minimum Gasteiger partial charge on any atom is -0.389 e. The molecule has 1 aliphatic rings. The summed E-state index contributed by atoms with van der Waals surface area (Å²) in [6.07, 6.45) is 9.27. The van der Waals surface area contributed by atoms with Gasteiger partial charge in [0, 0.05) is 24.4 Å². The topological polar surface area (TPSA) is 41.5 Å².